The molecule has 3 nitrogen and oxygen atoms in total. The lowest BCUT2D eigenvalue weighted by atomic mass is 10.0. The molecule has 1 heterocycles. The van der Waals surface area contributed by atoms with Crippen molar-refractivity contribution < 1.29 is 0 Å². The summed E-state index contributed by atoms with van der Waals surface area (Å²) in [5, 5.41) is 8.07. The van der Waals surface area contributed by atoms with Gasteiger partial charge in [0.15, 0.2) is 0 Å². The maximum atomic E-state index is 4.50. The predicted molar refractivity (Wildman–Crippen MR) is 78.0 cm³/mol. The molecule has 3 heteroatoms. The fraction of sp³-hybridized carbons (Fsp3) is 0.438. The second kappa shape index (κ2) is 4.82. The molecule has 0 spiro atoms. The maximum Gasteiger partial charge on any atom is 0.0674 e. The summed E-state index contributed by atoms with van der Waals surface area (Å²) < 4.78 is 1.96. The molecule has 2 aromatic rings. The van der Waals surface area contributed by atoms with Crippen LogP contribution in [0.5, 0.6) is 0 Å². The molecule has 0 aliphatic heterocycles. The van der Waals surface area contributed by atoms with Crippen LogP contribution < -0.4 is 5.32 Å². The van der Waals surface area contributed by atoms with E-state index in [-0.39, 0.29) is 0 Å². The van der Waals surface area contributed by atoms with Gasteiger partial charge in [0.1, 0.15) is 0 Å². The molecule has 3 rings (SSSR count). The Morgan fingerprint density at radius 3 is 2.74 bits per heavy atom. The molecule has 1 N–H and O–H groups in total. The molecule has 1 aliphatic rings. The number of hydrogen-bond acceptors (Lipinski definition) is 2. The topological polar surface area (TPSA) is 29.9 Å². The van der Waals surface area contributed by atoms with Crippen molar-refractivity contribution in [2.24, 2.45) is 7.05 Å². The highest BCUT2D eigenvalue weighted by Gasteiger charge is 2.20. The molecular weight excluding hydrogens is 234 g/mol. The van der Waals surface area contributed by atoms with Crippen LogP contribution in [0.2, 0.25) is 0 Å². The smallest absolute Gasteiger partial charge is 0.0674 e. The highest BCUT2D eigenvalue weighted by atomic mass is 15.3. The second-order valence-corrected chi connectivity index (χ2v) is 5.52. The third-order valence-electron chi connectivity index (χ3n) is 3.90. The fourth-order valence-electron chi connectivity index (χ4n) is 2.58. The number of aryl methyl sites for hydroxylation is 2. The van der Waals surface area contributed by atoms with Crippen molar-refractivity contribution in [3.8, 4) is 11.1 Å². The van der Waals surface area contributed by atoms with Crippen molar-refractivity contribution >= 4 is 0 Å². The molecule has 0 radical (unpaired) electrons. The molecule has 19 heavy (non-hydrogen) atoms. The molecule has 1 saturated carbocycles. The lowest BCUT2D eigenvalue weighted by Crippen LogP contribution is -2.15. The van der Waals surface area contributed by atoms with E-state index < -0.39 is 0 Å². The molecule has 0 bridgehead atoms. The van der Waals surface area contributed by atoms with Crippen LogP contribution >= 0.6 is 0 Å². The minimum Gasteiger partial charge on any atom is -0.310 e. The highest BCUT2D eigenvalue weighted by Crippen LogP contribution is 2.27. The van der Waals surface area contributed by atoms with Crippen LogP contribution in [0.25, 0.3) is 11.1 Å². The largest absolute Gasteiger partial charge is 0.310 e. The zero-order valence-corrected chi connectivity index (χ0v) is 11.9. The average molecular weight is 255 g/mol. The standard InChI is InChI=1S/C16H21N3/c1-11-16(12(2)19(3)18-11)14-6-4-5-13(9-14)10-17-15-7-8-15/h4-6,9,15,17H,7-8,10H2,1-3H3. The van der Waals surface area contributed by atoms with Crippen molar-refractivity contribution in [2.45, 2.75) is 39.3 Å². The Bertz CT molecular complexity index is 594. The van der Waals surface area contributed by atoms with Crippen molar-refractivity contribution in [1.82, 2.24) is 15.1 Å². The third kappa shape index (κ3) is 2.56. The van der Waals surface area contributed by atoms with Gasteiger partial charge in [-0.2, -0.15) is 5.10 Å². The van der Waals surface area contributed by atoms with Gasteiger partial charge in [-0.25, -0.2) is 0 Å². The van der Waals surface area contributed by atoms with Crippen molar-refractivity contribution in [3.05, 3.63) is 41.2 Å². The first-order valence-electron chi connectivity index (χ1n) is 6.98. The molecule has 1 aromatic carbocycles. The first-order valence-corrected chi connectivity index (χ1v) is 6.98. The van der Waals surface area contributed by atoms with Gasteiger partial charge in [0.05, 0.1) is 5.69 Å². The zero-order valence-electron chi connectivity index (χ0n) is 11.9. The van der Waals surface area contributed by atoms with Gasteiger partial charge < -0.3 is 5.32 Å². The Kier molecular flexibility index (Phi) is 3.15. The summed E-state index contributed by atoms with van der Waals surface area (Å²) in [4.78, 5) is 0. The van der Waals surface area contributed by atoms with E-state index in [4.69, 9.17) is 0 Å². The SMILES string of the molecule is Cc1nn(C)c(C)c1-c1cccc(CNC2CC2)c1. The van der Waals surface area contributed by atoms with Gasteiger partial charge in [0.2, 0.25) is 0 Å². The van der Waals surface area contributed by atoms with E-state index in [1.165, 1.54) is 35.2 Å². The van der Waals surface area contributed by atoms with Gasteiger partial charge in [-0.15, -0.1) is 0 Å². The number of hydrogen-bond donors (Lipinski definition) is 1. The second-order valence-electron chi connectivity index (χ2n) is 5.52. The van der Waals surface area contributed by atoms with E-state index in [2.05, 4.69) is 48.5 Å². The van der Waals surface area contributed by atoms with Gasteiger partial charge in [0, 0.05) is 30.9 Å². The minimum atomic E-state index is 0.755. The van der Waals surface area contributed by atoms with E-state index in [9.17, 15) is 0 Å². The molecule has 100 valence electrons. The number of nitrogens with zero attached hydrogens (tertiary/aromatic N) is 2. The van der Waals surface area contributed by atoms with Gasteiger partial charge in [-0.1, -0.05) is 18.2 Å². The number of benzene rings is 1. The first-order chi connectivity index (χ1) is 9.15. The van der Waals surface area contributed by atoms with Crippen LogP contribution in [0.15, 0.2) is 24.3 Å². The van der Waals surface area contributed by atoms with Crippen molar-refractivity contribution in [2.75, 3.05) is 0 Å². The Morgan fingerprint density at radius 2 is 2.11 bits per heavy atom. The normalized spacial score (nSPS) is 14.9. The highest BCUT2D eigenvalue weighted by molar-refractivity contribution is 5.69. The number of nitrogens with one attached hydrogen (secondary N) is 1. The van der Waals surface area contributed by atoms with Gasteiger partial charge in [0.25, 0.3) is 0 Å². The Morgan fingerprint density at radius 1 is 1.32 bits per heavy atom. The quantitative estimate of drug-likeness (QED) is 0.910. The molecule has 0 atom stereocenters. The molecule has 1 aromatic heterocycles. The first kappa shape index (κ1) is 12.4. The van der Waals surface area contributed by atoms with Crippen LogP contribution in [0.1, 0.15) is 29.8 Å². The fourth-order valence-corrected chi connectivity index (χ4v) is 2.58. The lowest BCUT2D eigenvalue weighted by Gasteiger charge is -2.07. The van der Waals surface area contributed by atoms with Crippen LogP contribution in [0.3, 0.4) is 0 Å². The summed E-state index contributed by atoms with van der Waals surface area (Å²) >= 11 is 0. The molecule has 1 aliphatic carbocycles. The number of aromatic nitrogens is 2. The summed E-state index contributed by atoms with van der Waals surface area (Å²) in [5.74, 6) is 0. The summed E-state index contributed by atoms with van der Waals surface area (Å²) in [6, 6.07) is 9.56. The predicted octanol–water partition coefficient (Wildman–Crippen LogP) is 2.96. The monoisotopic (exact) mass is 255 g/mol. The Labute approximate surface area is 114 Å². The maximum absolute atomic E-state index is 4.50. The van der Waals surface area contributed by atoms with Crippen molar-refractivity contribution in [3.63, 3.8) is 0 Å². The summed E-state index contributed by atoms with van der Waals surface area (Å²) in [5.41, 5.74) is 6.23. The van der Waals surface area contributed by atoms with E-state index >= 15 is 0 Å². The van der Waals surface area contributed by atoms with Gasteiger partial charge >= 0.3 is 0 Å². The van der Waals surface area contributed by atoms with Crippen LogP contribution in [-0.2, 0) is 13.6 Å². The molecule has 0 saturated heterocycles. The van der Waals surface area contributed by atoms with E-state index in [0.29, 0.717) is 0 Å². The molecule has 0 amide bonds. The lowest BCUT2D eigenvalue weighted by molar-refractivity contribution is 0.688. The molecule has 0 unspecified atom stereocenters. The summed E-state index contributed by atoms with van der Waals surface area (Å²) in [6.45, 7) is 5.18. The van der Waals surface area contributed by atoms with Gasteiger partial charge in [-0.3, -0.25) is 4.68 Å². The minimum absolute atomic E-state index is 0.755. The Hall–Kier alpha value is -1.61. The van der Waals surface area contributed by atoms with Gasteiger partial charge in [-0.05, 0) is 43.9 Å². The molecular formula is C16H21N3. The molecule has 1 fully saturated rings. The zero-order chi connectivity index (χ0) is 13.4. The number of rotatable bonds is 4. The average Bonchev–Trinajstić information content (AvgIpc) is 3.17. The van der Waals surface area contributed by atoms with E-state index in [0.717, 1.165) is 18.3 Å². The van der Waals surface area contributed by atoms with E-state index in [1.807, 2.05) is 11.7 Å². The van der Waals surface area contributed by atoms with Crippen LogP contribution in [0.4, 0.5) is 0 Å². The Balaban J connectivity index is 1.88. The summed E-state index contributed by atoms with van der Waals surface area (Å²) in [6.07, 6.45) is 2.67. The third-order valence-corrected chi connectivity index (χ3v) is 3.90. The van der Waals surface area contributed by atoms with Crippen LogP contribution in [0, 0.1) is 13.8 Å². The van der Waals surface area contributed by atoms with E-state index in [1.54, 1.807) is 0 Å². The van der Waals surface area contributed by atoms with Crippen molar-refractivity contribution in [1.29, 1.82) is 0 Å². The summed E-state index contributed by atoms with van der Waals surface area (Å²) in [7, 11) is 2.00. The van der Waals surface area contributed by atoms with Crippen LogP contribution in [-0.4, -0.2) is 15.8 Å².